The highest BCUT2D eigenvalue weighted by molar-refractivity contribution is 5.78. The second kappa shape index (κ2) is 5.76. The van der Waals surface area contributed by atoms with Crippen molar-refractivity contribution in [3.63, 3.8) is 0 Å². The highest BCUT2D eigenvalue weighted by atomic mass is 16.2. The summed E-state index contributed by atoms with van der Waals surface area (Å²) in [4.78, 5) is 15.6. The number of para-hydroxylation sites is 2. The van der Waals surface area contributed by atoms with Crippen LogP contribution in [0.2, 0.25) is 0 Å². The van der Waals surface area contributed by atoms with Crippen LogP contribution in [-0.2, 0) is 17.8 Å². The Hall–Kier alpha value is -2.66. The molecule has 3 N–H and O–H groups in total. The highest BCUT2D eigenvalue weighted by Gasteiger charge is 2.04. The van der Waals surface area contributed by atoms with E-state index in [9.17, 15) is 4.79 Å². The van der Waals surface area contributed by atoms with Crippen molar-refractivity contribution >= 4 is 16.9 Å². The third-order valence-corrected chi connectivity index (χ3v) is 3.43. The van der Waals surface area contributed by atoms with Gasteiger partial charge in [0.05, 0.1) is 23.8 Å². The highest BCUT2D eigenvalue weighted by Crippen LogP contribution is 2.14. The van der Waals surface area contributed by atoms with Crippen LogP contribution >= 0.6 is 0 Å². The predicted octanol–water partition coefficient (Wildman–Crippen LogP) is 1.62. The number of hydrogen-bond acceptors (Lipinski definition) is 3. The first-order valence-electron chi connectivity index (χ1n) is 6.73. The second-order valence-electron chi connectivity index (χ2n) is 4.92. The number of carbonyl (C=O) groups is 1. The molecular formula is C16H16N4O. The summed E-state index contributed by atoms with van der Waals surface area (Å²) in [6, 6.07) is 16.0. The van der Waals surface area contributed by atoms with E-state index in [2.05, 4.69) is 21.0 Å². The number of carbonyl (C=O) groups excluding carboxylic acids is 1. The van der Waals surface area contributed by atoms with Crippen LogP contribution in [0.5, 0.6) is 0 Å². The number of hydrogen-bond donors (Lipinski definition) is 2. The van der Waals surface area contributed by atoms with Crippen molar-refractivity contribution in [3.05, 3.63) is 66.0 Å². The summed E-state index contributed by atoms with van der Waals surface area (Å²) in [7, 11) is 0. The van der Waals surface area contributed by atoms with Gasteiger partial charge in [-0.15, -0.1) is 0 Å². The van der Waals surface area contributed by atoms with E-state index < -0.39 is 0 Å². The lowest BCUT2D eigenvalue weighted by Gasteiger charge is -2.06. The van der Waals surface area contributed by atoms with Crippen molar-refractivity contribution in [1.82, 2.24) is 15.0 Å². The molecule has 0 aliphatic carbocycles. The predicted molar refractivity (Wildman–Crippen MR) is 81.3 cm³/mol. The number of aromatic nitrogens is 2. The van der Waals surface area contributed by atoms with Gasteiger partial charge in [0, 0.05) is 6.54 Å². The van der Waals surface area contributed by atoms with Gasteiger partial charge in [-0.25, -0.2) is 10.8 Å². The minimum atomic E-state index is -0.191. The number of nitrogens with two attached hydrogens (primary N) is 1. The first kappa shape index (κ1) is 13.3. The molecule has 21 heavy (non-hydrogen) atoms. The van der Waals surface area contributed by atoms with E-state index in [0.717, 1.165) is 28.7 Å². The summed E-state index contributed by atoms with van der Waals surface area (Å²) in [6.45, 7) is 0.754. The molecule has 5 nitrogen and oxygen atoms in total. The molecule has 0 aliphatic heterocycles. The van der Waals surface area contributed by atoms with Crippen molar-refractivity contribution in [2.24, 2.45) is 5.84 Å². The summed E-state index contributed by atoms with van der Waals surface area (Å²) >= 11 is 0. The van der Waals surface area contributed by atoms with E-state index in [1.807, 2.05) is 48.8 Å². The van der Waals surface area contributed by atoms with E-state index in [1.165, 1.54) is 0 Å². The Morgan fingerprint density at radius 2 is 1.81 bits per heavy atom. The fourth-order valence-corrected chi connectivity index (χ4v) is 2.33. The zero-order chi connectivity index (χ0) is 14.7. The standard InChI is InChI=1S/C16H16N4O/c17-19-16(21)9-12-5-7-13(8-6-12)10-20-11-18-14-3-1-2-4-15(14)20/h1-8,11H,9-10,17H2,(H,19,21). The van der Waals surface area contributed by atoms with Gasteiger partial charge >= 0.3 is 0 Å². The fourth-order valence-electron chi connectivity index (χ4n) is 2.33. The lowest BCUT2D eigenvalue weighted by Crippen LogP contribution is -2.31. The van der Waals surface area contributed by atoms with Crippen molar-refractivity contribution in [2.75, 3.05) is 0 Å². The van der Waals surface area contributed by atoms with Gasteiger partial charge in [-0.05, 0) is 23.3 Å². The molecule has 1 heterocycles. The molecule has 1 amide bonds. The van der Waals surface area contributed by atoms with Crippen molar-refractivity contribution < 1.29 is 4.79 Å². The van der Waals surface area contributed by atoms with E-state index in [1.54, 1.807) is 0 Å². The average molecular weight is 280 g/mol. The van der Waals surface area contributed by atoms with E-state index in [4.69, 9.17) is 5.84 Å². The van der Waals surface area contributed by atoms with Gasteiger partial charge in [-0.1, -0.05) is 36.4 Å². The Morgan fingerprint density at radius 3 is 2.57 bits per heavy atom. The molecule has 0 saturated heterocycles. The Balaban J connectivity index is 1.77. The molecule has 0 bridgehead atoms. The maximum atomic E-state index is 11.2. The van der Waals surface area contributed by atoms with Gasteiger partial charge in [0.2, 0.25) is 5.91 Å². The van der Waals surface area contributed by atoms with Crippen LogP contribution in [0.4, 0.5) is 0 Å². The van der Waals surface area contributed by atoms with Gasteiger partial charge in [-0.3, -0.25) is 10.2 Å². The van der Waals surface area contributed by atoms with E-state index in [-0.39, 0.29) is 5.91 Å². The summed E-state index contributed by atoms with van der Waals surface area (Å²) in [6.07, 6.45) is 2.14. The first-order valence-corrected chi connectivity index (χ1v) is 6.73. The summed E-state index contributed by atoms with van der Waals surface area (Å²) in [5.74, 6) is 4.89. The largest absolute Gasteiger partial charge is 0.326 e. The molecule has 0 unspecified atom stereocenters. The lowest BCUT2D eigenvalue weighted by molar-refractivity contribution is -0.120. The Kier molecular flexibility index (Phi) is 3.66. The number of benzene rings is 2. The van der Waals surface area contributed by atoms with Crippen LogP contribution in [-0.4, -0.2) is 15.5 Å². The smallest absolute Gasteiger partial charge is 0.238 e. The maximum Gasteiger partial charge on any atom is 0.238 e. The lowest BCUT2D eigenvalue weighted by atomic mass is 10.1. The third-order valence-electron chi connectivity index (χ3n) is 3.43. The Morgan fingerprint density at radius 1 is 1.10 bits per heavy atom. The number of rotatable bonds is 4. The van der Waals surface area contributed by atoms with Gasteiger partial charge in [0.1, 0.15) is 0 Å². The van der Waals surface area contributed by atoms with Gasteiger partial charge in [-0.2, -0.15) is 0 Å². The molecule has 3 rings (SSSR count). The summed E-state index contributed by atoms with van der Waals surface area (Å²) in [5, 5.41) is 0. The van der Waals surface area contributed by atoms with Crippen molar-refractivity contribution in [2.45, 2.75) is 13.0 Å². The summed E-state index contributed by atoms with van der Waals surface area (Å²) in [5.41, 5.74) is 6.35. The second-order valence-corrected chi connectivity index (χ2v) is 4.92. The molecule has 0 saturated carbocycles. The zero-order valence-corrected chi connectivity index (χ0v) is 11.5. The van der Waals surface area contributed by atoms with Crippen LogP contribution < -0.4 is 11.3 Å². The normalized spacial score (nSPS) is 10.7. The number of amides is 1. The van der Waals surface area contributed by atoms with Crippen molar-refractivity contribution in [1.29, 1.82) is 0 Å². The fraction of sp³-hybridized carbons (Fsp3) is 0.125. The van der Waals surface area contributed by atoms with Crippen LogP contribution in [0, 0.1) is 0 Å². The number of nitrogens with one attached hydrogen (secondary N) is 1. The first-order chi connectivity index (χ1) is 10.3. The molecule has 5 heteroatoms. The zero-order valence-electron chi connectivity index (χ0n) is 11.5. The Labute approximate surface area is 122 Å². The maximum absolute atomic E-state index is 11.2. The van der Waals surface area contributed by atoms with Gasteiger partial charge < -0.3 is 4.57 Å². The van der Waals surface area contributed by atoms with Crippen LogP contribution in [0.25, 0.3) is 11.0 Å². The molecule has 2 aromatic carbocycles. The molecule has 0 fully saturated rings. The van der Waals surface area contributed by atoms with Gasteiger partial charge in [0.25, 0.3) is 0 Å². The van der Waals surface area contributed by atoms with Crippen LogP contribution in [0.1, 0.15) is 11.1 Å². The molecule has 106 valence electrons. The van der Waals surface area contributed by atoms with Gasteiger partial charge in [0.15, 0.2) is 0 Å². The SMILES string of the molecule is NNC(=O)Cc1ccc(Cn2cnc3ccccc32)cc1. The quantitative estimate of drug-likeness (QED) is 0.433. The number of nitrogens with zero attached hydrogens (tertiary/aromatic N) is 2. The minimum absolute atomic E-state index is 0.191. The van der Waals surface area contributed by atoms with Crippen molar-refractivity contribution in [3.8, 4) is 0 Å². The van der Waals surface area contributed by atoms with E-state index >= 15 is 0 Å². The molecule has 3 aromatic rings. The molecule has 0 atom stereocenters. The molecule has 0 radical (unpaired) electrons. The number of imidazole rings is 1. The topological polar surface area (TPSA) is 72.9 Å². The molecule has 1 aromatic heterocycles. The Bertz CT molecular complexity index is 761. The minimum Gasteiger partial charge on any atom is -0.326 e. The average Bonchev–Trinajstić information content (AvgIpc) is 2.92. The summed E-state index contributed by atoms with van der Waals surface area (Å²) < 4.78 is 2.11. The van der Waals surface area contributed by atoms with Crippen LogP contribution in [0.3, 0.4) is 0 Å². The van der Waals surface area contributed by atoms with Crippen LogP contribution in [0.15, 0.2) is 54.9 Å². The number of fused-ring (bicyclic) bond motifs is 1. The molecule has 0 aliphatic rings. The van der Waals surface area contributed by atoms with E-state index in [0.29, 0.717) is 6.42 Å². The molecular weight excluding hydrogens is 264 g/mol. The number of hydrazine groups is 1. The monoisotopic (exact) mass is 280 g/mol. The third kappa shape index (κ3) is 2.93. The molecule has 0 spiro atoms.